The van der Waals surface area contributed by atoms with E-state index < -0.39 is 32.7 Å². The first-order valence-corrected chi connectivity index (χ1v) is 8.58. The number of fused-ring (bicyclic) bond motifs is 1. The molecule has 0 atom stereocenters. The molecule has 9 heteroatoms. The number of sulfonamides is 1. The molecule has 0 radical (unpaired) electrons. The Kier molecular flexibility index (Phi) is 3.90. The molecular weight excluding hydrogens is 348 g/mol. The SMILES string of the molecule is Cc1ccc(S(N)(=O)=O)c(C(=O)ON2C(=O)c3ccccc3C2=O)c1. The zero-order valence-corrected chi connectivity index (χ0v) is 13.7. The summed E-state index contributed by atoms with van der Waals surface area (Å²) >= 11 is 0. The van der Waals surface area contributed by atoms with Gasteiger partial charge in [0.15, 0.2) is 0 Å². The van der Waals surface area contributed by atoms with Crippen LogP contribution in [-0.4, -0.2) is 31.3 Å². The third kappa shape index (κ3) is 2.90. The summed E-state index contributed by atoms with van der Waals surface area (Å²) in [6.45, 7) is 1.63. The van der Waals surface area contributed by atoms with Crippen LogP contribution in [0.5, 0.6) is 0 Å². The Morgan fingerprint density at radius 3 is 2.12 bits per heavy atom. The van der Waals surface area contributed by atoms with Crippen molar-refractivity contribution >= 4 is 27.8 Å². The van der Waals surface area contributed by atoms with E-state index in [1.165, 1.54) is 24.3 Å². The number of carbonyl (C=O) groups excluding carboxylic acids is 3. The largest absolute Gasteiger partial charge is 0.365 e. The number of nitrogens with zero attached hydrogens (tertiary/aromatic N) is 1. The number of aryl methyl sites for hydroxylation is 1. The minimum absolute atomic E-state index is 0.0937. The Morgan fingerprint density at radius 2 is 1.60 bits per heavy atom. The van der Waals surface area contributed by atoms with Crippen LogP contribution in [0.25, 0.3) is 0 Å². The molecule has 0 aromatic heterocycles. The monoisotopic (exact) mass is 360 g/mol. The third-order valence-corrected chi connectivity index (χ3v) is 4.56. The Morgan fingerprint density at radius 1 is 1.04 bits per heavy atom. The average Bonchev–Trinajstić information content (AvgIpc) is 2.79. The van der Waals surface area contributed by atoms with E-state index in [-0.39, 0.29) is 16.7 Å². The van der Waals surface area contributed by atoms with Gasteiger partial charge in [0.2, 0.25) is 10.0 Å². The highest BCUT2D eigenvalue weighted by Gasteiger charge is 2.39. The number of nitrogens with two attached hydrogens (primary N) is 1. The maximum absolute atomic E-state index is 12.4. The van der Waals surface area contributed by atoms with Crippen molar-refractivity contribution in [3.05, 3.63) is 64.7 Å². The number of benzene rings is 2. The summed E-state index contributed by atoms with van der Waals surface area (Å²) in [5.41, 5.74) is 0.396. The number of primary sulfonamides is 1. The van der Waals surface area contributed by atoms with Crippen LogP contribution in [-0.2, 0) is 14.9 Å². The molecule has 0 spiro atoms. The molecule has 2 aromatic carbocycles. The fourth-order valence-electron chi connectivity index (χ4n) is 2.43. The fourth-order valence-corrected chi connectivity index (χ4v) is 3.14. The van der Waals surface area contributed by atoms with Gasteiger partial charge in [-0.1, -0.05) is 28.8 Å². The normalized spacial score (nSPS) is 13.8. The van der Waals surface area contributed by atoms with Gasteiger partial charge in [-0.05, 0) is 31.2 Å². The van der Waals surface area contributed by atoms with Crippen LogP contribution >= 0.6 is 0 Å². The topological polar surface area (TPSA) is 124 Å². The zero-order valence-electron chi connectivity index (χ0n) is 12.9. The van der Waals surface area contributed by atoms with Crippen molar-refractivity contribution < 1.29 is 27.6 Å². The first kappa shape index (κ1) is 16.8. The first-order chi connectivity index (χ1) is 11.7. The van der Waals surface area contributed by atoms with Gasteiger partial charge in [-0.3, -0.25) is 9.59 Å². The summed E-state index contributed by atoms with van der Waals surface area (Å²) in [5, 5.41) is 5.40. The molecule has 0 fully saturated rings. The summed E-state index contributed by atoms with van der Waals surface area (Å²) in [7, 11) is -4.20. The number of carbonyl (C=O) groups is 3. The smallest absolute Gasteiger partial charge is 0.324 e. The van der Waals surface area contributed by atoms with E-state index in [0.29, 0.717) is 10.6 Å². The Hall–Kier alpha value is -3.04. The summed E-state index contributed by atoms with van der Waals surface area (Å²) in [4.78, 5) is 41.2. The maximum Gasteiger partial charge on any atom is 0.365 e. The molecule has 0 aliphatic carbocycles. The molecule has 128 valence electrons. The lowest BCUT2D eigenvalue weighted by molar-refractivity contribution is -0.0587. The van der Waals surface area contributed by atoms with Gasteiger partial charge in [-0.15, -0.1) is 0 Å². The van der Waals surface area contributed by atoms with Crippen molar-refractivity contribution in [3.63, 3.8) is 0 Å². The minimum atomic E-state index is -4.20. The van der Waals surface area contributed by atoms with E-state index >= 15 is 0 Å². The van der Waals surface area contributed by atoms with Gasteiger partial charge in [-0.2, -0.15) is 0 Å². The molecule has 2 amide bonds. The van der Waals surface area contributed by atoms with E-state index in [1.807, 2.05) is 0 Å². The molecule has 2 N–H and O–H groups in total. The average molecular weight is 360 g/mol. The summed E-state index contributed by atoms with van der Waals surface area (Å²) in [6.07, 6.45) is 0. The molecular formula is C16H12N2O6S. The molecule has 0 bridgehead atoms. The number of hydroxylamine groups is 2. The lowest BCUT2D eigenvalue weighted by atomic mass is 10.1. The predicted molar refractivity (Wildman–Crippen MR) is 84.9 cm³/mol. The Labute approximate surface area is 142 Å². The van der Waals surface area contributed by atoms with Crippen LogP contribution in [0.3, 0.4) is 0 Å². The second-order valence-electron chi connectivity index (χ2n) is 5.37. The fraction of sp³-hybridized carbons (Fsp3) is 0.0625. The van der Waals surface area contributed by atoms with Crippen LogP contribution in [0, 0.1) is 6.92 Å². The van der Waals surface area contributed by atoms with Gasteiger partial charge in [0, 0.05) is 0 Å². The van der Waals surface area contributed by atoms with Gasteiger partial charge in [0.05, 0.1) is 21.6 Å². The summed E-state index contributed by atoms with van der Waals surface area (Å²) < 4.78 is 23.3. The van der Waals surface area contributed by atoms with Crippen molar-refractivity contribution in [2.45, 2.75) is 11.8 Å². The highest BCUT2D eigenvalue weighted by atomic mass is 32.2. The van der Waals surface area contributed by atoms with E-state index in [0.717, 1.165) is 6.07 Å². The lowest BCUT2D eigenvalue weighted by Crippen LogP contribution is -2.33. The van der Waals surface area contributed by atoms with Crippen molar-refractivity contribution in [1.82, 2.24) is 5.06 Å². The standard InChI is InChI=1S/C16H12N2O6S/c1-9-6-7-13(25(17,22)23)12(8-9)16(21)24-18-14(19)10-4-2-3-5-11(10)15(18)20/h2-8H,1H3,(H2,17,22,23). The molecule has 2 aromatic rings. The van der Waals surface area contributed by atoms with Crippen LogP contribution < -0.4 is 5.14 Å². The third-order valence-electron chi connectivity index (χ3n) is 3.59. The number of amides is 2. The van der Waals surface area contributed by atoms with Crippen molar-refractivity contribution in [3.8, 4) is 0 Å². The second-order valence-corrected chi connectivity index (χ2v) is 6.90. The number of rotatable bonds is 3. The molecule has 25 heavy (non-hydrogen) atoms. The molecule has 0 unspecified atom stereocenters. The van der Waals surface area contributed by atoms with E-state index in [2.05, 4.69) is 0 Å². The van der Waals surface area contributed by atoms with Crippen molar-refractivity contribution in [1.29, 1.82) is 0 Å². The van der Waals surface area contributed by atoms with E-state index in [4.69, 9.17) is 9.98 Å². The quantitative estimate of drug-likeness (QED) is 0.815. The Bertz CT molecular complexity index is 994. The lowest BCUT2D eigenvalue weighted by Gasteiger charge is -2.14. The van der Waals surface area contributed by atoms with Crippen LogP contribution in [0.1, 0.15) is 36.6 Å². The van der Waals surface area contributed by atoms with Crippen LogP contribution in [0.4, 0.5) is 0 Å². The van der Waals surface area contributed by atoms with Gasteiger partial charge in [-0.25, -0.2) is 18.4 Å². The summed E-state index contributed by atoms with van der Waals surface area (Å²) in [5.74, 6) is -2.79. The van der Waals surface area contributed by atoms with Gasteiger partial charge in [0.25, 0.3) is 11.8 Å². The highest BCUT2D eigenvalue weighted by molar-refractivity contribution is 7.89. The molecule has 8 nitrogen and oxygen atoms in total. The number of hydrogen-bond donors (Lipinski definition) is 1. The molecule has 0 saturated heterocycles. The second kappa shape index (κ2) is 5.80. The molecule has 1 aliphatic heterocycles. The van der Waals surface area contributed by atoms with Gasteiger partial charge in [0.1, 0.15) is 0 Å². The van der Waals surface area contributed by atoms with Gasteiger partial charge < -0.3 is 4.84 Å². The zero-order chi connectivity index (χ0) is 18.4. The molecule has 3 rings (SSSR count). The minimum Gasteiger partial charge on any atom is -0.324 e. The first-order valence-electron chi connectivity index (χ1n) is 7.03. The van der Waals surface area contributed by atoms with Crippen molar-refractivity contribution in [2.75, 3.05) is 0 Å². The maximum atomic E-state index is 12.4. The van der Waals surface area contributed by atoms with E-state index in [1.54, 1.807) is 19.1 Å². The number of imide groups is 1. The van der Waals surface area contributed by atoms with Crippen molar-refractivity contribution in [2.24, 2.45) is 5.14 Å². The van der Waals surface area contributed by atoms with E-state index in [9.17, 15) is 22.8 Å². The Balaban J connectivity index is 1.96. The van der Waals surface area contributed by atoms with Crippen LogP contribution in [0.2, 0.25) is 0 Å². The van der Waals surface area contributed by atoms with Gasteiger partial charge >= 0.3 is 5.97 Å². The number of hydrogen-bond acceptors (Lipinski definition) is 6. The molecule has 1 aliphatic rings. The molecule has 0 saturated carbocycles. The summed E-state index contributed by atoms with van der Waals surface area (Å²) in [6, 6.07) is 9.84. The molecule has 1 heterocycles. The van der Waals surface area contributed by atoms with Crippen LogP contribution in [0.15, 0.2) is 47.4 Å². The predicted octanol–water partition coefficient (Wildman–Crippen LogP) is 1.01. The highest BCUT2D eigenvalue weighted by Crippen LogP contribution is 2.24.